The van der Waals surface area contributed by atoms with Crippen LogP contribution in [0.4, 0.5) is 11.4 Å². The fourth-order valence-electron chi connectivity index (χ4n) is 1.90. The van der Waals surface area contributed by atoms with Crippen LogP contribution in [0.3, 0.4) is 0 Å². The lowest BCUT2D eigenvalue weighted by atomic mass is 10.1. The Morgan fingerprint density at radius 2 is 2.05 bits per heavy atom. The van der Waals surface area contributed by atoms with Gasteiger partial charge >= 0.3 is 0 Å². The summed E-state index contributed by atoms with van der Waals surface area (Å²) in [6.45, 7) is 1.91. The van der Waals surface area contributed by atoms with Crippen molar-refractivity contribution < 1.29 is 14.6 Å². The van der Waals surface area contributed by atoms with Crippen LogP contribution in [-0.4, -0.2) is 18.1 Å². The van der Waals surface area contributed by atoms with Gasteiger partial charge in [0.2, 0.25) is 0 Å². The Bertz CT molecular complexity index is 654. The summed E-state index contributed by atoms with van der Waals surface area (Å²) in [5, 5.41) is 12.5. The van der Waals surface area contributed by atoms with Gasteiger partial charge in [-0.2, -0.15) is 0 Å². The van der Waals surface area contributed by atoms with E-state index in [0.29, 0.717) is 17.1 Å². The topological polar surface area (TPSA) is 84.6 Å². The smallest absolute Gasteiger partial charge is 0.263 e. The number of hydrogen-bond acceptors (Lipinski definition) is 4. The molecule has 5 nitrogen and oxygen atoms in total. The molecule has 104 valence electrons. The predicted molar refractivity (Wildman–Crippen MR) is 78.2 cm³/mol. The van der Waals surface area contributed by atoms with Gasteiger partial charge in [0.1, 0.15) is 17.1 Å². The number of aryl methyl sites for hydroxylation is 1. The molecule has 0 atom stereocenters. The van der Waals surface area contributed by atoms with E-state index in [1.54, 1.807) is 24.3 Å². The van der Waals surface area contributed by atoms with E-state index in [1.807, 2.05) is 13.0 Å². The number of nitrogens with one attached hydrogen (secondary N) is 1. The highest BCUT2D eigenvalue weighted by molar-refractivity contribution is 6.09. The Morgan fingerprint density at radius 1 is 1.30 bits per heavy atom. The number of ether oxygens (including phenoxy) is 1. The van der Waals surface area contributed by atoms with E-state index < -0.39 is 5.91 Å². The molecule has 0 saturated heterocycles. The van der Waals surface area contributed by atoms with Gasteiger partial charge in [-0.1, -0.05) is 12.1 Å². The highest BCUT2D eigenvalue weighted by Gasteiger charge is 2.17. The van der Waals surface area contributed by atoms with E-state index in [-0.39, 0.29) is 11.3 Å². The number of phenolic OH excluding ortho intramolecular Hbond substituents is 1. The number of amides is 1. The first-order valence-electron chi connectivity index (χ1n) is 6.06. The number of nitrogen functional groups attached to an aromatic ring is 1. The van der Waals surface area contributed by atoms with Crippen LogP contribution in [-0.2, 0) is 0 Å². The lowest BCUT2D eigenvalue weighted by Crippen LogP contribution is -2.14. The van der Waals surface area contributed by atoms with Crippen molar-refractivity contribution in [1.82, 2.24) is 0 Å². The highest BCUT2D eigenvalue weighted by Crippen LogP contribution is 2.29. The van der Waals surface area contributed by atoms with Gasteiger partial charge in [0.05, 0.1) is 18.5 Å². The average Bonchev–Trinajstić information content (AvgIpc) is 2.41. The largest absolute Gasteiger partial charge is 0.507 e. The van der Waals surface area contributed by atoms with Crippen LogP contribution in [0.2, 0.25) is 0 Å². The molecule has 0 aliphatic rings. The van der Waals surface area contributed by atoms with Gasteiger partial charge in [0.25, 0.3) is 5.91 Å². The molecule has 0 unspecified atom stereocenters. The quantitative estimate of drug-likeness (QED) is 0.750. The zero-order valence-corrected chi connectivity index (χ0v) is 11.3. The minimum atomic E-state index is -0.476. The molecule has 4 N–H and O–H groups in total. The molecule has 0 saturated carbocycles. The van der Waals surface area contributed by atoms with E-state index >= 15 is 0 Å². The average molecular weight is 272 g/mol. The highest BCUT2D eigenvalue weighted by atomic mass is 16.5. The number of carbonyl (C=O) groups is 1. The summed E-state index contributed by atoms with van der Waals surface area (Å²) < 4.78 is 5.08. The number of phenols is 1. The number of carbonyl (C=O) groups excluding carboxylic acids is 1. The van der Waals surface area contributed by atoms with Gasteiger partial charge in [-0.25, -0.2) is 0 Å². The van der Waals surface area contributed by atoms with Gasteiger partial charge in [-0.15, -0.1) is 0 Å². The maximum Gasteiger partial charge on any atom is 0.263 e. The summed E-state index contributed by atoms with van der Waals surface area (Å²) in [6, 6.07) is 9.95. The minimum Gasteiger partial charge on any atom is -0.507 e. The zero-order chi connectivity index (χ0) is 14.7. The molecule has 0 aromatic heterocycles. The molecule has 0 bridgehead atoms. The maximum atomic E-state index is 12.2. The maximum absolute atomic E-state index is 12.2. The Balaban J connectivity index is 2.33. The van der Waals surface area contributed by atoms with Crippen molar-refractivity contribution in [3.05, 3.63) is 47.5 Å². The number of aromatic hydroxyl groups is 1. The van der Waals surface area contributed by atoms with E-state index in [0.717, 1.165) is 5.56 Å². The molecule has 0 aliphatic carbocycles. The van der Waals surface area contributed by atoms with Crippen molar-refractivity contribution in [2.75, 3.05) is 18.2 Å². The lowest BCUT2D eigenvalue weighted by Gasteiger charge is -2.12. The van der Waals surface area contributed by atoms with Crippen LogP contribution < -0.4 is 15.8 Å². The van der Waals surface area contributed by atoms with E-state index in [4.69, 9.17) is 10.5 Å². The summed E-state index contributed by atoms with van der Waals surface area (Å²) in [5.41, 5.74) is 7.88. The van der Waals surface area contributed by atoms with Gasteiger partial charge in [0, 0.05) is 0 Å². The third kappa shape index (κ3) is 2.66. The number of methoxy groups -OCH3 is 1. The number of benzene rings is 2. The standard InChI is InChI=1S/C15H16N2O3/c1-9-6-7-11(10(16)8-9)17-15(19)14-12(18)4-3-5-13(14)20-2/h3-8,18H,16H2,1-2H3,(H,17,19). The van der Waals surface area contributed by atoms with Gasteiger partial charge in [-0.05, 0) is 36.8 Å². The molecule has 0 radical (unpaired) electrons. The molecule has 0 heterocycles. The molecule has 2 aromatic carbocycles. The summed E-state index contributed by atoms with van der Waals surface area (Å²) in [5.74, 6) is -0.323. The van der Waals surface area contributed by atoms with Crippen LogP contribution >= 0.6 is 0 Å². The number of nitrogens with two attached hydrogens (primary N) is 1. The second kappa shape index (κ2) is 5.52. The zero-order valence-electron chi connectivity index (χ0n) is 11.3. The molecule has 0 fully saturated rings. The molecule has 0 aliphatic heterocycles. The normalized spacial score (nSPS) is 10.1. The fraction of sp³-hybridized carbons (Fsp3) is 0.133. The van der Waals surface area contributed by atoms with Crippen molar-refractivity contribution >= 4 is 17.3 Å². The van der Waals surface area contributed by atoms with Crippen LogP contribution in [0.1, 0.15) is 15.9 Å². The molecule has 2 rings (SSSR count). The van der Waals surface area contributed by atoms with Gasteiger partial charge in [0.15, 0.2) is 0 Å². The van der Waals surface area contributed by atoms with E-state index in [2.05, 4.69) is 5.32 Å². The van der Waals surface area contributed by atoms with Gasteiger partial charge in [-0.3, -0.25) is 4.79 Å². The predicted octanol–water partition coefficient (Wildman–Crippen LogP) is 2.54. The Morgan fingerprint density at radius 3 is 2.70 bits per heavy atom. The van der Waals surface area contributed by atoms with Crippen molar-refractivity contribution in [2.45, 2.75) is 6.92 Å². The van der Waals surface area contributed by atoms with Crippen molar-refractivity contribution in [1.29, 1.82) is 0 Å². The first-order chi connectivity index (χ1) is 9.52. The summed E-state index contributed by atoms with van der Waals surface area (Å²) in [7, 11) is 1.44. The first-order valence-corrected chi connectivity index (χ1v) is 6.06. The third-order valence-electron chi connectivity index (χ3n) is 2.91. The van der Waals surface area contributed by atoms with Crippen molar-refractivity contribution in [3.63, 3.8) is 0 Å². The van der Waals surface area contributed by atoms with Crippen LogP contribution in [0.5, 0.6) is 11.5 Å². The Kier molecular flexibility index (Phi) is 3.79. The Labute approximate surface area is 117 Å². The Hall–Kier alpha value is -2.69. The van der Waals surface area contributed by atoms with Crippen LogP contribution in [0.25, 0.3) is 0 Å². The number of rotatable bonds is 3. The SMILES string of the molecule is COc1cccc(O)c1C(=O)Nc1ccc(C)cc1N. The number of hydrogen-bond donors (Lipinski definition) is 3. The molecule has 5 heteroatoms. The van der Waals surface area contributed by atoms with Crippen LogP contribution in [0, 0.1) is 6.92 Å². The second-order valence-electron chi connectivity index (χ2n) is 4.40. The van der Waals surface area contributed by atoms with Crippen molar-refractivity contribution in [3.8, 4) is 11.5 Å². The van der Waals surface area contributed by atoms with Crippen molar-refractivity contribution in [2.24, 2.45) is 0 Å². The van der Waals surface area contributed by atoms with E-state index in [9.17, 15) is 9.90 Å². The molecule has 1 amide bonds. The molecule has 2 aromatic rings. The van der Waals surface area contributed by atoms with E-state index in [1.165, 1.54) is 13.2 Å². The summed E-state index contributed by atoms with van der Waals surface area (Å²) in [4.78, 5) is 12.2. The number of anilines is 2. The lowest BCUT2D eigenvalue weighted by molar-refractivity contribution is 0.102. The first kappa shape index (κ1) is 13.7. The molecular formula is C15H16N2O3. The van der Waals surface area contributed by atoms with Gasteiger partial charge < -0.3 is 20.9 Å². The second-order valence-corrected chi connectivity index (χ2v) is 4.40. The third-order valence-corrected chi connectivity index (χ3v) is 2.91. The molecular weight excluding hydrogens is 256 g/mol. The molecule has 20 heavy (non-hydrogen) atoms. The van der Waals surface area contributed by atoms with Crippen LogP contribution in [0.15, 0.2) is 36.4 Å². The summed E-state index contributed by atoms with van der Waals surface area (Å²) in [6.07, 6.45) is 0. The summed E-state index contributed by atoms with van der Waals surface area (Å²) >= 11 is 0. The fourth-order valence-corrected chi connectivity index (χ4v) is 1.90. The molecule has 0 spiro atoms. The minimum absolute atomic E-state index is 0.0787. The monoisotopic (exact) mass is 272 g/mol.